The molecule has 28 heavy (non-hydrogen) atoms. The Morgan fingerprint density at radius 1 is 1.14 bits per heavy atom. The molecule has 1 atom stereocenters. The number of allylic oxidation sites excluding steroid dienone is 2. The lowest BCUT2D eigenvalue weighted by Gasteiger charge is -2.18. The number of ether oxygens (including phenoxy) is 1. The highest BCUT2D eigenvalue weighted by atomic mass is 32.1. The van der Waals surface area contributed by atoms with Crippen molar-refractivity contribution in [3.05, 3.63) is 46.2 Å². The number of nitrogens with zero attached hydrogens (tertiary/aromatic N) is 1. The SMILES string of the molecule is CCC(=O)/C(=C(/OC(C)=O)[C@H](C)CC)c1nc(-c2ccc(C)cc2)sc1CC. The van der Waals surface area contributed by atoms with Crippen LogP contribution in [0.3, 0.4) is 0 Å². The topological polar surface area (TPSA) is 56.3 Å². The van der Waals surface area contributed by atoms with Gasteiger partial charge in [-0.15, -0.1) is 11.3 Å². The van der Waals surface area contributed by atoms with Crippen LogP contribution in [0, 0.1) is 12.8 Å². The molecule has 0 saturated heterocycles. The third kappa shape index (κ3) is 4.96. The number of hydrogen-bond donors (Lipinski definition) is 0. The van der Waals surface area contributed by atoms with E-state index >= 15 is 0 Å². The standard InChI is InChI=1S/C23H29NO3S/c1-7-15(5)22(27-16(6)25)20(18(26)8-2)21-19(9-3)28-23(24-21)17-12-10-14(4)11-13-17/h10-13,15H,7-9H2,1-6H3/b22-20-/t15-/m1/s1. The van der Waals surface area contributed by atoms with Crippen molar-refractivity contribution in [1.82, 2.24) is 4.98 Å². The average Bonchev–Trinajstić information content (AvgIpc) is 3.10. The molecule has 0 fully saturated rings. The number of esters is 1. The Morgan fingerprint density at radius 3 is 2.29 bits per heavy atom. The minimum atomic E-state index is -0.413. The Labute approximate surface area is 171 Å². The summed E-state index contributed by atoms with van der Waals surface area (Å²) in [6.07, 6.45) is 1.85. The summed E-state index contributed by atoms with van der Waals surface area (Å²) in [6.45, 7) is 11.3. The van der Waals surface area contributed by atoms with E-state index in [4.69, 9.17) is 9.72 Å². The van der Waals surface area contributed by atoms with E-state index in [2.05, 4.69) is 19.1 Å². The molecule has 0 aliphatic heterocycles. The molecular weight excluding hydrogens is 370 g/mol. The van der Waals surface area contributed by atoms with E-state index in [1.54, 1.807) is 11.3 Å². The van der Waals surface area contributed by atoms with E-state index in [9.17, 15) is 9.59 Å². The maximum atomic E-state index is 12.9. The Balaban J connectivity index is 2.72. The van der Waals surface area contributed by atoms with Crippen molar-refractivity contribution in [3.63, 3.8) is 0 Å². The molecule has 5 heteroatoms. The fraction of sp³-hybridized carbons (Fsp3) is 0.435. The average molecular weight is 400 g/mol. The van der Waals surface area contributed by atoms with Crippen LogP contribution in [-0.4, -0.2) is 16.7 Å². The number of aryl methyl sites for hydroxylation is 2. The van der Waals surface area contributed by atoms with Crippen LogP contribution in [-0.2, 0) is 20.7 Å². The van der Waals surface area contributed by atoms with Crippen molar-refractivity contribution in [1.29, 1.82) is 0 Å². The highest BCUT2D eigenvalue weighted by molar-refractivity contribution is 7.15. The van der Waals surface area contributed by atoms with Crippen LogP contribution in [0.4, 0.5) is 0 Å². The van der Waals surface area contributed by atoms with E-state index in [1.165, 1.54) is 12.5 Å². The Kier molecular flexibility index (Phi) is 7.69. The van der Waals surface area contributed by atoms with E-state index < -0.39 is 5.97 Å². The molecule has 2 aromatic rings. The summed E-state index contributed by atoms with van der Waals surface area (Å²) in [5.74, 6) is -0.0725. The number of Topliss-reactive ketones (excluding diaryl/α,β-unsaturated/α-hetero) is 1. The molecule has 2 rings (SSSR count). The summed E-state index contributed by atoms with van der Waals surface area (Å²) in [5, 5.41) is 0.875. The number of hydrogen-bond acceptors (Lipinski definition) is 5. The van der Waals surface area contributed by atoms with Gasteiger partial charge in [0.05, 0.1) is 11.3 Å². The quantitative estimate of drug-likeness (QED) is 0.311. The number of aromatic nitrogens is 1. The smallest absolute Gasteiger partial charge is 0.307 e. The molecule has 0 radical (unpaired) electrons. The number of carbonyl (C=O) groups excluding carboxylic acids is 2. The Bertz CT molecular complexity index is 878. The normalized spacial score (nSPS) is 13.1. The first kappa shape index (κ1) is 22.0. The molecule has 0 bridgehead atoms. The van der Waals surface area contributed by atoms with E-state index in [0.29, 0.717) is 23.4 Å². The Morgan fingerprint density at radius 2 is 1.79 bits per heavy atom. The predicted octanol–water partition coefficient (Wildman–Crippen LogP) is 5.98. The molecule has 0 N–H and O–H groups in total. The number of benzene rings is 1. The lowest BCUT2D eigenvalue weighted by Crippen LogP contribution is -2.15. The summed E-state index contributed by atoms with van der Waals surface area (Å²) in [6, 6.07) is 8.20. The first-order chi connectivity index (χ1) is 13.3. The van der Waals surface area contributed by atoms with Gasteiger partial charge in [-0.25, -0.2) is 4.98 Å². The van der Waals surface area contributed by atoms with Crippen LogP contribution in [0.2, 0.25) is 0 Å². The van der Waals surface area contributed by atoms with Crippen LogP contribution in [0.15, 0.2) is 30.0 Å². The van der Waals surface area contributed by atoms with E-state index in [0.717, 1.165) is 28.3 Å². The zero-order valence-electron chi connectivity index (χ0n) is 17.6. The van der Waals surface area contributed by atoms with Crippen LogP contribution in [0.25, 0.3) is 16.1 Å². The van der Waals surface area contributed by atoms with Gasteiger partial charge in [-0.3, -0.25) is 9.59 Å². The van der Waals surface area contributed by atoms with Gasteiger partial charge < -0.3 is 4.74 Å². The zero-order valence-corrected chi connectivity index (χ0v) is 18.4. The number of carbonyl (C=O) groups is 2. The van der Waals surface area contributed by atoms with E-state index in [-0.39, 0.29) is 11.7 Å². The number of thiazole rings is 1. The first-order valence-electron chi connectivity index (χ1n) is 9.85. The van der Waals surface area contributed by atoms with Crippen molar-refractivity contribution in [3.8, 4) is 10.6 Å². The van der Waals surface area contributed by atoms with Crippen molar-refractivity contribution in [2.75, 3.05) is 0 Å². The molecular formula is C23H29NO3S. The molecule has 0 amide bonds. The minimum absolute atomic E-state index is 0.0491. The lowest BCUT2D eigenvalue weighted by molar-refractivity contribution is -0.137. The maximum absolute atomic E-state index is 12.9. The second-order valence-electron chi connectivity index (χ2n) is 6.93. The highest BCUT2D eigenvalue weighted by Crippen LogP contribution is 2.36. The van der Waals surface area contributed by atoms with E-state index in [1.807, 2.05) is 39.8 Å². The van der Waals surface area contributed by atoms with Gasteiger partial charge in [0.15, 0.2) is 5.78 Å². The maximum Gasteiger partial charge on any atom is 0.307 e. The van der Waals surface area contributed by atoms with Gasteiger partial charge in [0.2, 0.25) is 0 Å². The molecule has 4 nitrogen and oxygen atoms in total. The Hall–Kier alpha value is -2.27. The van der Waals surface area contributed by atoms with Crippen molar-refractivity contribution >= 4 is 28.7 Å². The number of ketones is 1. The summed E-state index contributed by atoms with van der Waals surface area (Å²) in [4.78, 5) is 30.6. The largest absolute Gasteiger partial charge is 0.430 e. The van der Waals surface area contributed by atoms with Gasteiger partial charge in [0.1, 0.15) is 10.8 Å². The highest BCUT2D eigenvalue weighted by Gasteiger charge is 2.27. The summed E-state index contributed by atoms with van der Waals surface area (Å²) in [5.41, 5.74) is 3.33. The molecule has 0 unspecified atom stereocenters. The van der Waals surface area contributed by atoms with Gasteiger partial charge >= 0.3 is 5.97 Å². The van der Waals surface area contributed by atoms with Gasteiger partial charge in [0, 0.05) is 29.7 Å². The van der Waals surface area contributed by atoms with Crippen LogP contribution in [0.5, 0.6) is 0 Å². The molecule has 0 spiro atoms. The zero-order chi connectivity index (χ0) is 20.8. The lowest BCUT2D eigenvalue weighted by atomic mass is 9.95. The molecule has 1 heterocycles. The molecule has 1 aromatic carbocycles. The third-order valence-electron chi connectivity index (χ3n) is 4.71. The van der Waals surface area contributed by atoms with Crippen LogP contribution >= 0.6 is 11.3 Å². The van der Waals surface area contributed by atoms with Gasteiger partial charge in [-0.05, 0) is 19.8 Å². The first-order valence-corrected chi connectivity index (χ1v) is 10.7. The van der Waals surface area contributed by atoms with Gasteiger partial charge in [0.25, 0.3) is 0 Å². The van der Waals surface area contributed by atoms with Crippen LogP contribution < -0.4 is 0 Å². The molecule has 150 valence electrons. The number of rotatable bonds is 8. The molecule has 0 aliphatic rings. The van der Waals surface area contributed by atoms with Crippen LogP contribution in [0.1, 0.15) is 63.6 Å². The van der Waals surface area contributed by atoms with Crippen molar-refractivity contribution < 1.29 is 14.3 Å². The molecule has 0 saturated carbocycles. The van der Waals surface area contributed by atoms with Crippen molar-refractivity contribution in [2.45, 2.75) is 60.8 Å². The second kappa shape index (κ2) is 9.78. The van der Waals surface area contributed by atoms with Gasteiger partial charge in [-0.1, -0.05) is 57.5 Å². The van der Waals surface area contributed by atoms with Gasteiger partial charge in [-0.2, -0.15) is 0 Å². The minimum Gasteiger partial charge on any atom is -0.430 e. The fourth-order valence-corrected chi connectivity index (χ4v) is 3.92. The fourth-order valence-electron chi connectivity index (χ4n) is 2.91. The molecule has 1 aromatic heterocycles. The third-order valence-corrected chi connectivity index (χ3v) is 5.96. The van der Waals surface area contributed by atoms with Crippen molar-refractivity contribution in [2.24, 2.45) is 5.92 Å². The summed E-state index contributed by atoms with van der Waals surface area (Å²) in [7, 11) is 0. The molecule has 0 aliphatic carbocycles. The summed E-state index contributed by atoms with van der Waals surface area (Å²) < 4.78 is 5.56. The predicted molar refractivity (Wildman–Crippen MR) is 115 cm³/mol. The summed E-state index contributed by atoms with van der Waals surface area (Å²) >= 11 is 1.59. The monoisotopic (exact) mass is 399 g/mol. The second-order valence-corrected chi connectivity index (χ2v) is 8.01.